The van der Waals surface area contributed by atoms with Crippen molar-refractivity contribution in [3.05, 3.63) is 36.5 Å². The highest BCUT2D eigenvalue weighted by Crippen LogP contribution is 2.19. The van der Waals surface area contributed by atoms with Gasteiger partial charge < -0.3 is 20.3 Å². The molecule has 81 heavy (non-hydrogen) atoms. The Morgan fingerprint density at radius 2 is 0.617 bits per heavy atom. The van der Waals surface area contributed by atoms with Gasteiger partial charge in [-0.05, 0) is 64.2 Å². The van der Waals surface area contributed by atoms with Crippen LogP contribution in [0.15, 0.2) is 36.5 Å². The summed E-state index contributed by atoms with van der Waals surface area (Å²) in [7, 11) is 0. The number of aliphatic hydroxyl groups excluding tert-OH is 2. The molecule has 0 heterocycles. The van der Waals surface area contributed by atoms with Gasteiger partial charge in [0.15, 0.2) is 0 Å². The van der Waals surface area contributed by atoms with Gasteiger partial charge in [-0.1, -0.05) is 365 Å². The number of ether oxygens (including phenoxy) is 1. The molecule has 0 aromatic carbocycles. The second-order valence-electron chi connectivity index (χ2n) is 25.3. The number of amides is 1. The minimum atomic E-state index is -0.844. The number of allylic oxidation sites excluding steroid dienone is 5. The number of esters is 1. The molecule has 0 aromatic heterocycles. The van der Waals surface area contributed by atoms with Gasteiger partial charge >= 0.3 is 5.97 Å². The van der Waals surface area contributed by atoms with E-state index in [1.165, 1.54) is 334 Å². The summed E-state index contributed by atoms with van der Waals surface area (Å²) in [6.45, 7) is 4.94. The highest BCUT2D eigenvalue weighted by Gasteiger charge is 2.18. The smallest absolute Gasteiger partial charge is 0.305 e. The summed E-state index contributed by atoms with van der Waals surface area (Å²) in [5.41, 5.74) is 0. The van der Waals surface area contributed by atoms with E-state index in [2.05, 4.69) is 43.5 Å². The summed E-state index contributed by atoms with van der Waals surface area (Å²) in [4.78, 5) is 24.6. The quantitative estimate of drug-likeness (QED) is 0.0320. The van der Waals surface area contributed by atoms with Gasteiger partial charge in [0.2, 0.25) is 5.91 Å². The number of unbranched alkanes of at least 4 members (excludes halogenated alkanes) is 54. The maximum Gasteiger partial charge on any atom is 0.305 e. The van der Waals surface area contributed by atoms with E-state index in [1.807, 2.05) is 6.08 Å². The maximum atomic E-state index is 12.5. The lowest BCUT2D eigenvalue weighted by atomic mass is 10.0. The van der Waals surface area contributed by atoms with Crippen LogP contribution < -0.4 is 5.32 Å². The number of rotatable bonds is 69. The first-order valence-corrected chi connectivity index (χ1v) is 36.8. The third-order valence-corrected chi connectivity index (χ3v) is 17.2. The van der Waals surface area contributed by atoms with Crippen LogP contribution in [0.2, 0.25) is 0 Å². The molecule has 1 amide bonds. The van der Waals surface area contributed by atoms with Gasteiger partial charge in [-0.2, -0.15) is 0 Å². The summed E-state index contributed by atoms with van der Waals surface area (Å²) >= 11 is 0. The Labute approximate surface area is 506 Å². The molecule has 0 saturated carbocycles. The van der Waals surface area contributed by atoms with Gasteiger partial charge in [-0.3, -0.25) is 9.59 Å². The molecule has 6 heteroatoms. The summed E-state index contributed by atoms with van der Waals surface area (Å²) in [5.74, 6) is -0.0473. The van der Waals surface area contributed by atoms with E-state index in [1.54, 1.807) is 6.08 Å². The first-order chi connectivity index (χ1) is 40.0. The lowest BCUT2D eigenvalue weighted by Gasteiger charge is -2.20. The molecule has 0 spiro atoms. The van der Waals surface area contributed by atoms with E-state index in [0.717, 1.165) is 44.9 Å². The molecule has 0 aliphatic carbocycles. The molecule has 478 valence electrons. The lowest BCUT2D eigenvalue weighted by Crippen LogP contribution is -2.45. The van der Waals surface area contributed by atoms with Crippen molar-refractivity contribution in [3.8, 4) is 0 Å². The molecule has 0 radical (unpaired) electrons. The predicted molar refractivity (Wildman–Crippen MR) is 356 cm³/mol. The average Bonchev–Trinajstić information content (AvgIpc) is 3.47. The van der Waals surface area contributed by atoms with Gasteiger partial charge in [-0.15, -0.1) is 0 Å². The average molecular weight is 1140 g/mol. The fourth-order valence-electron chi connectivity index (χ4n) is 11.6. The van der Waals surface area contributed by atoms with Gasteiger partial charge in [0.25, 0.3) is 0 Å². The second-order valence-corrected chi connectivity index (χ2v) is 25.3. The molecule has 2 unspecified atom stereocenters. The highest BCUT2D eigenvalue weighted by atomic mass is 16.5. The van der Waals surface area contributed by atoms with Crippen LogP contribution in [0.4, 0.5) is 0 Å². The number of hydrogen-bond acceptors (Lipinski definition) is 5. The molecule has 6 nitrogen and oxygen atoms in total. The zero-order chi connectivity index (χ0) is 58.5. The van der Waals surface area contributed by atoms with E-state index in [-0.39, 0.29) is 18.5 Å². The van der Waals surface area contributed by atoms with E-state index in [4.69, 9.17) is 4.74 Å². The first-order valence-electron chi connectivity index (χ1n) is 36.8. The van der Waals surface area contributed by atoms with E-state index in [0.29, 0.717) is 19.4 Å². The van der Waals surface area contributed by atoms with Crippen molar-refractivity contribution in [3.63, 3.8) is 0 Å². The number of hydrogen-bond donors (Lipinski definition) is 3. The maximum absolute atomic E-state index is 12.5. The van der Waals surface area contributed by atoms with Crippen molar-refractivity contribution in [2.24, 2.45) is 0 Å². The van der Waals surface area contributed by atoms with Crippen molar-refractivity contribution >= 4 is 11.9 Å². The molecular formula is C75H143NO5. The summed E-state index contributed by atoms with van der Waals surface area (Å²) in [6.07, 6.45) is 91.0. The van der Waals surface area contributed by atoms with Crippen LogP contribution in [0.25, 0.3) is 0 Å². The fraction of sp³-hybridized carbons (Fsp3) is 0.893. The zero-order valence-corrected chi connectivity index (χ0v) is 54.8. The number of carbonyl (C=O) groups is 2. The molecule has 3 N–H and O–H groups in total. The second kappa shape index (κ2) is 70.6. The Hall–Kier alpha value is -1.92. The lowest BCUT2D eigenvalue weighted by molar-refractivity contribution is -0.143. The van der Waals surface area contributed by atoms with Crippen molar-refractivity contribution < 1.29 is 24.5 Å². The minimum Gasteiger partial charge on any atom is -0.466 e. The summed E-state index contributed by atoms with van der Waals surface area (Å²) < 4.78 is 5.51. The van der Waals surface area contributed by atoms with Gasteiger partial charge in [0.1, 0.15) is 0 Å². The van der Waals surface area contributed by atoms with Crippen LogP contribution in [-0.2, 0) is 14.3 Å². The van der Waals surface area contributed by atoms with Gasteiger partial charge in [0, 0.05) is 12.8 Å². The Balaban J connectivity index is 3.38. The Morgan fingerprint density at radius 3 is 0.938 bits per heavy atom. The van der Waals surface area contributed by atoms with E-state index < -0.39 is 12.1 Å². The van der Waals surface area contributed by atoms with Crippen LogP contribution in [0.3, 0.4) is 0 Å². The van der Waals surface area contributed by atoms with Crippen LogP contribution >= 0.6 is 0 Å². The Kier molecular flexibility index (Phi) is 68.9. The Bertz CT molecular complexity index is 1310. The molecule has 0 saturated heterocycles. The van der Waals surface area contributed by atoms with E-state index >= 15 is 0 Å². The van der Waals surface area contributed by atoms with Crippen molar-refractivity contribution in [2.45, 2.75) is 418 Å². The molecular weight excluding hydrogens is 995 g/mol. The van der Waals surface area contributed by atoms with E-state index in [9.17, 15) is 19.8 Å². The Morgan fingerprint density at radius 1 is 0.346 bits per heavy atom. The fourth-order valence-corrected chi connectivity index (χ4v) is 11.6. The standard InChI is InChI=1S/C75H143NO5/c1-3-5-7-9-11-13-15-17-19-20-37-41-45-49-53-57-61-65-69-75(80)81-70-66-62-58-54-50-46-42-38-35-33-31-29-27-25-23-21-22-24-26-28-30-32-34-36-40-44-48-52-56-60-64-68-74(79)76-72(71-77)73(78)67-63-59-55-51-47-43-39-18-16-14-12-10-8-6-4-2/h23,25,29,31,63,67,72-73,77-78H,3-22,24,26-28,30,32-62,64-66,68-71H2,1-2H3,(H,76,79)/b25-23-,31-29-,67-63+. The molecule has 0 rings (SSSR count). The van der Waals surface area contributed by atoms with Crippen LogP contribution in [0, 0.1) is 0 Å². The topological polar surface area (TPSA) is 95.9 Å². The van der Waals surface area contributed by atoms with Gasteiger partial charge in [0.05, 0.1) is 25.4 Å². The number of carbonyl (C=O) groups excluding carboxylic acids is 2. The first kappa shape index (κ1) is 79.1. The molecule has 0 fully saturated rings. The highest BCUT2D eigenvalue weighted by molar-refractivity contribution is 5.76. The molecule has 0 aliphatic heterocycles. The predicted octanol–water partition coefficient (Wildman–Crippen LogP) is 23.9. The SMILES string of the molecule is CCCCCCCCCCCCCCC/C=C/C(O)C(CO)NC(=O)CCCCCCCCCCCCCCCCC/C=C\C/C=C\CCCCCCCCCCCOC(=O)CCCCCCCCCCCCCCCCCCCC. The molecule has 2 atom stereocenters. The van der Waals surface area contributed by atoms with Crippen molar-refractivity contribution in [1.29, 1.82) is 0 Å². The molecule has 0 aliphatic rings. The van der Waals surface area contributed by atoms with Crippen LogP contribution in [0.5, 0.6) is 0 Å². The zero-order valence-electron chi connectivity index (χ0n) is 54.8. The van der Waals surface area contributed by atoms with Crippen molar-refractivity contribution in [1.82, 2.24) is 5.32 Å². The molecule has 0 aromatic rings. The summed E-state index contributed by atoms with van der Waals surface area (Å²) in [5, 5.41) is 23.2. The normalized spacial score (nSPS) is 12.7. The number of nitrogens with one attached hydrogen (secondary N) is 1. The molecule has 0 bridgehead atoms. The minimum absolute atomic E-state index is 0.0178. The third-order valence-electron chi connectivity index (χ3n) is 17.2. The van der Waals surface area contributed by atoms with Gasteiger partial charge in [-0.25, -0.2) is 0 Å². The van der Waals surface area contributed by atoms with Crippen molar-refractivity contribution in [2.75, 3.05) is 13.2 Å². The summed E-state index contributed by atoms with van der Waals surface area (Å²) in [6, 6.07) is -0.627. The monoisotopic (exact) mass is 1140 g/mol. The third kappa shape index (κ3) is 67.1. The number of aliphatic hydroxyl groups is 2. The van der Waals surface area contributed by atoms with Crippen LogP contribution in [0.1, 0.15) is 406 Å². The van der Waals surface area contributed by atoms with Crippen LogP contribution in [-0.4, -0.2) is 47.4 Å². The largest absolute Gasteiger partial charge is 0.466 e.